The van der Waals surface area contributed by atoms with Crippen LogP contribution in [0.15, 0.2) is 65.6 Å². The van der Waals surface area contributed by atoms with Crippen LogP contribution in [-0.4, -0.2) is 40.1 Å². The predicted molar refractivity (Wildman–Crippen MR) is 134 cm³/mol. The summed E-state index contributed by atoms with van der Waals surface area (Å²) in [5.41, 5.74) is 2.81. The van der Waals surface area contributed by atoms with Gasteiger partial charge in [0, 0.05) is 24.2 Å². The van der Waals surface area contributed by atoms with Gasteiger partial charge in [0.2, 0.25) is 10.0 Å². The number of sulfonamides is 1. The molecule has 0 bridgehead atoms. The maximum atomic E-state index is 13.9. The van der Waals surface area contributed by atoms with Gasteiger partial charge >= 0.3 is 0 Å². The first kappa shape index (κ1) is 25.4. The van der Waals surface area contributed by atoms with Gasteiger partial charge in [-0.15, -0.1) is 0 Å². The van der Waals surface area contributed by atoms with Crippen LogP contribution in [0.3, 0.4) is 0 Å². The molecule has 9 heteroatoms. The van der Waals surface area contributed by atoms with Crippen molar-refractivity contribution in [1.82, 2.24) is 9.62 Å². The lowest BCUT2D eigenvalue weighted by Crippen LogP contribution is -2.47. The second kappa shape index (κ2) is 10.5. The van der Waals surface area contributed by atoms with E-state index in [1.807, 2.05) is 25.1 Å². The van der Waals surface area contributed by atoms with Gasteiger partial charge in [-0.1, -0.05) is 23.7 Å². The molecule has 0 fully saturated rings. The lowest BCUT2D eigenvalue weighted by atomic mass is 9.88. The van der Waals surface area contributed by atoms with Crippen LogP contribution < -0.4 is 14.2 Å². The zero-order chi connectivity index (χ0) is 25.2. The maximum Gasteiger partial charge on any atom is 0.240 e. The monoisotopic (exact) mass is 518 g/mol. The van der Waals surface area contributed by atoms with Gasteiger partial charge < -0.3 is 9.47 Å². The lowest BCUT2D eigenvalue weighted by molar-refractivity contribution is 0.150. The van der Waals surface area contributed by atoms with Gasteiger partial charge in [0.05, 0.1) is 25.2 Å². The normalized spacial score (nSPS) is 17.0. The van der Waals surface area contributed by atoms with Crippen LogP contribution in [0.5, 0.6) is 11.5 Å². The Morgan fingerprint density at radius 2 is 1.77 bits per heavy atom. The smallest absolute Gasteiger partial charge is 0.240 e. The SMILES string of the molecule is COc1cc2c(cc1OC)C(C(C)NS(=O)(=O)c1ccc(Cl)cc1)N(Cc1cccc(F)c1)CC2. The summed E-state index contributed by atoms with van der Waals surface area (Å²) in [6, 6.07) is 15.5. The molecule has 1 N–H and O–H groups in total. The van der Waals surface area contributed by atoms with Crippen molar-refractivity contribution in [1.29, 1.82) is 0 Å². The summed E-state index contributed by atoms with van der Waals surface area (Å²) in [5.74, 6) is 0.883. The van der Waals surface area contributed by atoms with Crippen LogP contribution in [-0.2, 0) is 23.0 Å². The van der Waals surface area contributed by atoms with E-state index in [4.69, 9.17) is 21.1 Å². The number of nitrogens with one attached hydrogen (secondary N) is 1. The molecule has 1 heterocycles. The number of methoxy groups -OCH3 is 2. The molecule has 186 valence electrons. The molecule has 3 aromatic carbocycles. The van der Waals surface area contributed by atoms with Gasteiger partial charge in [-0.2, -0.15) is 0 Å². The standard InChI is InChI=1S/C26H28ClFN2O4S/c1-17(29-35(31,32)22-9-7-20(27)8-10-22)26-23-15-25(34-3)24(33-2)14-19(23)11-12-30(26)16-18-5-4-6-21(28)13-18/h4-10,13-15,17,26,29H,11-12,16H2,1-3H3. The zero-order valence-electron chi connectivity index (χ0n) is 19.8. The van der Waals surface area contributed by atoms with Gasteiger partial charge in [0.1, 0.15) is 5.82 Å². The van der Waals surface area contributed by atoms with Gasteiger partial charge in [-0.3, -0.25) is 4.90 Å². The number of benzene rings is 3. The Morgan fingerprint density at radius 1 is 1.09 bits per heavy atom. The van der Waals surface area contributed by atoms with Crippen molar-refractivity contribution >= 4 is 21.6 Å². The highest BCUT2D eigenvalue weighted by Gasteiger charge is 2.35. The Kier molecular flexibility index (Phi) is 7.66. The Bertz CT molecular complexity index is 1300. The summed E-state index contributed by atoms with van der Waals surface area (Å²) in [6.07, 6.45) is 0.734. The lowest BCUT2D eigenvalue weighted by Gasteiger charge is -2.41. The number of halogens is 2. The van der Waals surface area contributed by atoms with Crippen molar-refractivity contribution in [2.75, 3.05) is 20.8 Å². The van der Waals surface area contributed by atoms with Crippen molar-refractivity contribution < 1.29 is 22.3 Å². The molecule has 0 aliphatic carbocycles. The fraction of sp³-hybridized carbons (Fsp3) is 0.308. The van der Waals surface area contributed by atoms with E-state index in [0.717, 1.165) is 23.1 Å². The number of ether oxygens (including phenoxy) is 2. The Balaban J connectivity index is 1.72. The molecule has 4 rings (SSSR count). The first-order valence-electron chi connectivity index (χ1n) is 11.2. The van der Waals surface area contributed by atoms with Crippen molar-refractivity contribution in [3.63, 3.8) is 0 Å². The number of hydrogen-bond acceptors (Lipinski definition) is 5. The summed E-state index contributed by atoms with van der Waals surface area (Å²) in [7, 11) is -0.655. The van der Waals surface area contributed by atoms with Crippen molar-refractivity contribution in [2.24, 2.45) is 0 Å². The van der Waals surface area contributed by atoms with Gasteiger partial charge in [0.15, 0.2) is 11.5 Å². The molecular weight excluding hydrogens is 491 g/mol. The molecule has 2 atom stereocenters. The van der Waals surface area contributed by atoms with Crippen molar-refractivity contribution in [3.05, 3.63) is 88.2 Å². The minimum atomic E-state index is -3.81. The third kappa shape index (κ3) is 5.62. The highest BCUT2D eigenvalue weighted by Crippen LogP contribution is 2.40. The van der Waals surface area contributed by atoms with E-state index in [0.29, 0.717) is 29.6 Å². The number of hydrogen-bond donors (Lipinski definition) is 1. The van der Waals surface area contributed by atoms with Crippen LogP contribution in [0.4, 0.5) is 4.39 Å². The molecule has 3 aromatic rings. The van der Waals surface area contributed by atoms with Gasteiger partial charge in [-0.25, -0.2) is 17.5 Å². The van der Waals surface area contributed by atoms with E-state index in [1.54, 1.807) is 32.4 Å². The second-order valence-corrected chi connectivity index (χ2v) is 10.7. The maximum absolute atomic E-state index is 13.9. The highest BCUT2D eigenvalue weighted by atomic mass is 35.5. The van der Waals surface area contributed by atoms with E-state index in [9.17, 15) is 12.8 Å². The third-order valence-electron chi connectivity index (χ3n) is 6.24. The molecule has 2 unspecified atom stereocenters. The summed E-state index contributed by atoms with van der Waals surface area (Å²) in [5, 5.41) is 0.459. The molecule has 35 heavy (non-hydrogen) atoms. The Morgan fingerprint density at radius 3 is 2.43 bits per heavy atom. The molecule has 0 radical (unpaired) electrons. The van der Waals surface area contributed by atoms with Gasteiger partial charge in [0.25, 0.3) is 0 Å². The minimum absolute atomic E-state index is 0.133. The number of nitrogens with zero attached hydrogens (tertiary/aromatic N) is 1. The Labute approximate surface area is 210 Å². The molecule has 0 amide bonds. The molecule has 0 aromatic heterocycles. The van der Waals surface area contributed by atoms with E-state index >= 15 is 0 Å². The fourth-order valence-electron chi connectivity index (χ4n) is 4.65. The van der Waals surface area contributed by atoms with Crippen LogP contribution in [0.1, 0.15) is 29.7 Å². The first-order chi connectivity index (χ1) is 16.7. The van der Waals surface area contributed by atoms with E-state index in [1.165, 1.54) is 24.3 Å². The van der Waals surface area contributed by atoms with Crippen molar-refractivity contribution in [2.45, 2.75) is 36.9 Å². The molecule has 1 aliphatic heterocycles. The third-order valence-corrected chi connectivity index (χ3v) is 8.07. The number of rotatable bonds is 8. The fourth-order valence-corrected chi connectivity index (χ4v) is 6.03. The minimum Gasteiger partial charge on any atom is -0.493 e. The van der Waals surface area contributed by atoms with Gasteiger partial charge in [-0.05, 0) is 78.6 Å². The van der Waals surface area contributed by atoms with Crippen LogP contribution in [0.25, 0.3) is 0 Å². The summed E-state index contributed by atoms with van der Waals surface area (Å²) < 4.78 is 54.1. The van der Waals surface area contributed by atoms with Crippen LogP contribution in [0, 0.1) is 5.82 Å². The zero-order valence-corrected chi connectivity index (χ0v) is 21.4. The highest BCUT2D eigenvalue weighted by molar-refractivity contribution is 7.89. The Hall–Kier alpha value is -2.65. The molecule has 0 saturated heterocycles. The molecule has 1 aliphatic rings. The first-order valence-corrected chi connectivity index (χ1v) is 13.1. The van der Waals surface area contributed by atoms with Crippen molar-refractivity contribution in [3.8, 4) is 11.5 Å². The average Bonchev–Trinajstić information content (AvgIpc) is 2.83. The largest absolute Gasteiger partial charge is 0.493 e. The summed E-state index contributed by atoms with van der Waals surface area (Å²) in [6.45, 7) is 2.96. The second-order valence-electron chi connectivity index (χ2n) is 8.57. The van der Waals surface area contributed by atoms with Crippen LogP contribution >= 0.6 is 11.6 Å². The quantitative estimate of drug-likeness (QED) is 0.456. The van der Waals surface area contributed by atoms with Crippen LogP contribution in [0.2, 0.25) is 5.02 Å². The molecular formula is C26H28ClFN2O4S. The predicted octanol–water partition coefficient (Wildman–Crippen LogP) is 4.96. The summed E-state index contributed by atoms with van der Waals surface area (Å²) >= 11 is 5.94. The summed E-state index contributed by atoms with van der Waals surface area (Å²) in [4.78, 5) is 2.30. The number of fused-ring (bicyclic) bond motifs is 1. The van der Waals surface area contributed by atoms with E-state index in [2.05, 4.69) is 9.62 Å². The average molecular weight is 519 g/mol. The van der Waals surface area contributed by atoms with E-state index < -0.39 is 16.1 Å². The topological polar surface area (TPSA) is 67.9 Å². The molecule has 6 nitrogen and oxygen atoms in total. The molecule has 0 saturated carbocycles. The molecule has 0 spiro atoms. The van der Waals surface area contributed by atoms with E-state index in [-0.39, 0.29) is 16.8 Å².